The molecular weight excluding hydrogens is 352 g/mol. The summed E-state index contributed by atoms with van der Waals surface area (Å²) in [5, 5.41) is 7.91. The van der Waals surface area contributed by atoms with Gasteiger partial charge in [-0.15, -0.1) is 22.7 Å². The van der Waals surface area contributed by atoms with Crippen molar-refractivity contribution >= 4 is 28.6 Å². The number of thiazole rings is 1. The molecule has 1 N–H and O–H groups in total. The minimum Gasteiger partial charge on any atom is -0.354 e. The van der Waals surface area contributed by atoms with Crippen LogP contribution in [0.5, 0.6) is 0 Å². The molecule has 0 radical (unpaired) electrons. The van der Waals surface area contributed by atoms with Crippen LogP contribution in [-0.2, 0) is 11.2 Å². The molecular formula is C18H20N4OS2. The van der Waals surface area contributed by atoms with Crippen LogP contribution >= 0.6 is 22.7 Å². The summed E-state index contributed by atoms with van der Waals surface area (Å²) in [6.07, 6.45) is 3.81. The number of likely N-dealkylation sites (N-methyl/N-ethyl adjacent to an activating group) is 1. The minimum absolute atomic E-state index is 0.00792. The third kappa shape index (κ3) is 4.72. The molecule has 3 rings (SSSR count). The lowest BCUT2D eigenvalue weighted by Crippen LogP contribution is -2.34. The number of pyridine rings is 1. The molecule has 0 aliphatic heterocycles. The number of amides is 1. The van der Waals surface area contributed by atoms with Crippen LogP contribution in [0.1, 0.15) is 16.6 Å². The summed E-state index contributed by atoms with van der Waals surface area (Å²) < 4.78 is 0. The summed E-state index contributed by atoms with van der Waals surface area (Å²) in [5.74, 6) is -0.00792. The number of nitrogens with zero attached hydrogens (tertiary/aromatic N) is 3. The molecule has 0 aliphatic rings. The third-order valence-electron chi connectivity index (χ3n) is 3.79. The molecule has 25 heavy (non-hydrogen) atoms. The molecule has 7 heteroatoms. The average molecular weight is 373 g/mol. The summed E-state index contributed by atoms with van der Waals surface area (Å²) in [4.78, 5) is 24.3. The lowest BCUT2D eigenvalue weighted by atomic mass is 10.2. The number of rotatable bonds is 7. The highest BCUT2D eigenvalue weighted by Crippen LogP contribution is 2.24. The Kier molecular flexibility index (Phi) is 5.91. The van der Waals surface area contributed by atoms with Crippen molar-refractivity contribution in [1.82, 2.24) is 20.2 Å². The molecule has 1 amide bonds. The minimum atomic E-state index is -0.00792. The van der Waals surface area contributed by atoms with Crippen molar-refractivity contribution in [3.8, 4) is 10.6 Å². The van der Waals surface area contributed by atoms with Crippen LogP contribution < -0.4 is 5.32 Å². The zero-order valence-corrected chi connectivity index (χ0v) is 15.8. The summed E-state index contributed by atoms with van der Waals surface area (Å²) in [7, 11) is 4.05. The molecule has 1 unspecified atom stereocenters. The SMILES string of the molecule is CN(C)C(CNC(=O)Cc1csc(-c2cccnc2)n1)c1cccs1. The maximum Gasteiger partial charge on any atom is 0.226 e. The predicted molar refractivity (Wildman–Crippen MR) is 103 cm³/mol. The Morgan fingerprint density at radius 1 is 1.28 bits per heavy atom. The molecule has 3 aromatic heterocycles. The lowest BCUT2D eigenvalue weighted by molar-refractivity contribution is -0.120. The van der Waals surface area contributed by atoms with E-state index in [0.717, 1.165) is 16.3 Å². The number of aromatic nitrogens is 2. The summed E-state index contributed by atoms with van der Waals surface area (Å²) in [6.45, 7) is 0.589. The number of hydrogen-bond acceptors (Lipinski definition) is 6. The van der Waals surface area contributed by atoms with Gasteiger partial charge in [0, 0.05) is 34.8 Å². The Bertz CT molecular complexity index is 800. The van der Waals surface area contributed by atoms with E-state index < -0.39 is 0 Å². The van der Waals surface area contributed by atoms with Crippen LogP contribution in [0.4, 0.5) is 0 Å². The normalized spacial score (nSPS) is 12.3. The number of nitrogens with one attached hydrogen (secondary N) is 1. The average Bonchev–Trinajstić information content (AvgIpc) is 3.28. The van der Waals surface area contributed by atoms with Gasteiger partial charge >= 0.3 is 0 Å². The van der Waals surface area contributed by atoms with E-state index in [4.69, 9.17) is 0 Å². The molecule has 0 aromatic carbocycles. The Hall–Kier alpha value is -2.09. The van der Waals surface area contributed by atoms with E-state index in [-0.39, 0.29) is 11.9 Å². The molecule has 3 heterocycles. The Labute approximate surface area is 155 Å². The quantitative estimate of drug-likeness (QED) is 0.692. The first kappa shape index (κ1) is 17.7. The van der Waals surface area contributed by atoms with Gasteiger partial charge in [0.05, 0.1) is 18.2 Å². The molecule has 130 valence electrons. The first-order valence-electron chi connectivity index (χ1n) is 7.95. The highest BCUT2D eigenvalue weighted by Gasteiger charge is 2.17. The summed E-state index contributed by atoms with van der Waals surface area (Å²) in [6, 6.07) is 8.17. The topological polar surface area (TPSA) is 58.1 Å². The second-order valence-corrected chi connectivity index (χ2v) is 7.70. The summed E-state index contributed by atoms with van der Waals surface area (Å²) >= 11 is 3.24. The zero-order chi connectivity index (χ0) is 17.6. The molecule has 3 aromatic rings. The van der Waals surface area contributed by atoms with Crippen LogP contribution in [0.2, 0.25) is 0 Å². The molecule has 0 bridgehead atoms. The second kappa shape index (κ2) is 8.33. The fraction of sp³-hybridized carbons (Fsp3) is 0.278. The van der Waals surface area contributed by atoms with Crippen molar-refractivity contribution in [2.45, 2.75) is 12.5 Å². The van der Waals surface area contributed by atoms with Gasteiger partial charge in [-0.2, -0.15) is 0 Å². The molecule has 0 spiro atoms. The molecule has 5 nitrogen and oxygen atoms in total. The molecule has 0 aliphatic carbocycles. The van der Waals surface area contributed by atoms with E-state index in [1.807, 2.05) is 37.7 Å². The van der Waals surface area contributed by atoms with Crippen LogP contribution in [-0.4, -0.2) is 41.4 Å². The molecule has 1 atom stereocenters. The second-order valence-electron chi connectivity index (χ2n) is 5.86. The van der Waals surface area contributed by atoms with Crippen molar-refractivity contribution in [2.75, 3.05) is 20.6 Å². The van der Waals surface area contributed by atoms with Gasteiger partial charge in [-0.05, 0) is 37.7 Å². The molecule has 0 saturated carbocycles. The highest BCUT2D eigenvalue weighted by atomic mass is 32.1. The Morgan fingerprint density at radius 3 is 2.84 bits per heavy atom. The van der Waals surface area contributed by atoms with E-state index in [9.17, 15) is 4.79 Å². The standard InChI is InChI=1S/C18H20N4OS2/c1-22(2)15(16-6-4-8-24-16)11-20-17(23)9-14-12-25-18(21-14)13-5-3-7-19-10-13/h3-8,10,12,15H,9,11H2,1-2H3,(H,20,23). The summed E-state index contributed by atoms with van der Waals surface area (Å²) in [5.41, 5.74) is 1.77. The van der Waals surface area contributed by atoms with Gasteiger partial charge in [0.25, 0.3) is 0 Å². The monoisotopic (exact) mass is 372 g/mol. The van der Waals surface area contributed by atoms with Gasteiger partial charge in [0.15, 0.2) is 0 Å². The van der Waals surface area contributed by atoms with E-state index in [0.29, 0.717) is 13.0 Å². The van der Waals surface area contributed by atoms with Crippen LogP contribution in [0, 0.1) is 0 Å². The largest absolute Gasteiger partial charge is 0.354 e. The van der Waals surface area contributed by atoms with E-state index in [1.54, 1.807) is 23.7 Å². The van der Waals surface area contributed by atoms with Gasteiger partial charge in [-0.1, -0.05) is 6.07 Å². The number of thiophene rings is 1. The first-order chi connectivity index (χ1) is 12.1. The third-order valence-corrected chi connectivity index (χ3v) is 5.70. The van der Waals surface area contributed by atoms with Gasteiger partial charge in [-0.3, -0.25) is 9.78 Å². The zero-order valence-electron chi connectivity index (χ0n) is 14.2. The Morgan fingerprint density at radius 2 is 2.16 bits per heavy atom. The smallest absolute Gasteiger partial charge is 0.226 e. The van der Waals surface area contributed by atoms with Crippen molar-refractivity contribution < 1.29 is 4.79 Å². The fourth-order valence-electron chi connectivity index (χ4n) is 2.47. The first-order valence-corrected chi connectivity index (χ1v) is 9.70. The highest BCUT2D eigenvalue weighted by molar-refractivity contribution is 7.13. The van der Waals surface area contributed by atoms with E-state index in [2.05, 4.69) is 31.6 Å². The molecule has 0 fully saturated rings. The van der Waals surface area contributed by atoms with Crippen LogP contribution in [0.3, 0.4) is 0 Å². The van der Waals surface area contributed by atoms with Crippen LogP contribution in [0.15, 0.2) is 47.4 Å². The van der Waals surface area contributed by atoms with E-state index in [1.165, 1.54) is 16.2 Å². The van der Waals surface area contributed by atoms with Crippen molar-refractivity contribution in [2.24, 2.45) is 0 Å². The van der Waals surface area contributed by atoms with Gasteiger partial charge in [-0.25, -0.2) is 4.98 Å². The van der Waals surface area contributed by atoms with Crippen LogP contribution in [0.25, 0.3) is 10.6 Å². The Balaban J connectivity index is 1.57. The van der Waals surface area contributed by atoms with Crippen molar-refractivity contribution in [1.29, 1.82) is 0 Å². The van der Waals surface area contributed by atoms with Gasteiger partial charge < -0.3 is 10.2 Å². The maximum absolute atomic E-state index is 12.3. The maximum atomic E-state index is 12.3. The number of carbonyl (C=O) groups excluding carboxylic acids is 1. The van der Waals surface area contributed by atoms with Gasteiger partial charge in [0.1, 0.15) is 5.01 Å². The lowest BCUT2D eigenvalue weighted by Gasteiger charge is -2.23. The van der Waals surface area contributed by atoms with Crippen molar-refractivity contribution in [3.05, 3.63) is 58.0 Å². The number of hydrogen-bond donors (Lipinski definition) is 1. The van der Waals surface area contributed by atoms with Crippen molar-refractivity contribution in [3.63, 3.8) is 0 Å². The fourth-order valence-corrected chi connectivity index (χ4v) is 4.20. The molecule has 0 saturated heterocycles. The van der Waals surface area contributed by atoms with E-state index >= 15 is 0 Å². The number of carbonyl (C=O) groups is 1. The predicted octanol–water partition coefficient (Wildman–Crippen LogP) is 3.23. The van der Waals surface area contributed by atoms with Gasteiger partial charge in [0.2, 0.25) is 5.91 Å².